The summed E-state index contributed by atoms with van der Waals surface area (Å²) in [5.74, 6) is -0.110. The zero-order valence-corrected chi connectivity index (χ0v) is 12.8. The molecule has 1 fully saturated rings. The van der Waals surface area contributed by atoms with Gasteiger partial charge in [-0.2, -0.15) is 0 Å². The van der Waals surface area contributed by atoms with Gasteiger partial charge in [-0.3, -0.25) is 0 Å². The topological polar surface area (TPSA) is 52.6 Å². The fraction of sp³-hybridized carbons (Fsp3) is 0.588. The monoisotopic (exact) mass is 290 g/mol. The van der Waals surface area contributed by atoms with E-state index in [1.54, 1.807) is 12.1 Å². The molecule has 0 aliphatic carbocycles. The molecule has 0 aromatic heterocycles. The van der Waals surface area contributed by atoms with Crippen LogP contribution in [0, 0.1) is 5.92 Å². The average molecular weight is 290 g/mol. The number of rotatable bonds is 7. The summed E-state index contributed by atoms with van der Waals surface area (Å²) in [5, 5.41) is 12.5. The van der Waals surface area contributed by atoms with Crippen molar-refractivity contribution in [1.82, 2.24) is 10.2 Å². The van der Waals surface area contributed by atoms with Gasteiger partial charge in [-0.15, -0.1) is 0 Å². The largest absolute Gasteiger partial charge is 0.478 e. The molecule has 1 heterocycles. The second-order valence-corrected chi connectivity index (χ2v) is 5.92. The van der Waals surface area contributed by atoms with Crippen molar-refractivity contribution in [2.24, 2.45) is 5.92 Å². The first kappa shape index (κ1) is 16.0. The van der Waals surface area contributed by atoms with E-state index in [2.05, 4.69) is 17.1 Å². The van der Waals surface area contributed by atoms with Gasteiger partial charge in [-0.1, -0.05) is 19.1 Å². The van der Waals surface area contributed by atoms with Gasteiger partial charge in [0.2, 0.25) is 0 Å². The van der Waals surface area contributed by atoms with Crippen LogP contribution in [0.3, 0.4) is 0 Å². The lowest BCUT2D eigenvalue weighted by Gasteiger charge is -2.31. The van der Waals surface area contributed by atoms with Gasteiger partial charge in [0.15, 0.2) is 0 Å². The number of hydrogen-bond donors (Lipinski definition) is 2. The number of carboxylic acid groups (broad SMARTS) is 1. The van der Waals surface area contributed by atoms with Crippen molar-refractivity contribution in [1.29, 1.82) is 0 Å². The summed E-state index contributed by atoms with van der Waals surface area (Å²) in [6.07, 6.45) is 3.77. The first-order chi connectivity index (χ1) is 10.2. The Morgan fingerprint density at radius 1 is 1.38 bits per heavy atom. The third-order valence-electron chi connectivity index (χ3n) is 4.18. The smallest absolute Gasteiger partial charge is 0.335 e. The van der Waals surface area contributed by atoms with E-state index in [4.69, 9.17) is 5.11 Å². The van der Waals surface area contributed by atoms with Gasteiger partial charge in [-0.25, -0.2) is 4.79 Å². The van der Waals surface area contributed by atoms with Crippen LogP contribution in [0.1, 0.15) is 42.1 Å². The predicted octanol–water partition coefficient (Wildman–Crippen LogP) is 2.60. The van der Waals surface area contributed by atoms with Crippen molar-refractivity contribution in [2.45, 2.75) is 32.7 Å². The second kappa shape index (κ2) is 8.15. The van der Waals surface area contributed by atoms with E-state index in [0.29, 0.717) is 5.56 Å². The fourth-order valence-corrected chi connectivity index (χ4v) is 2.97. The number of nitrogens with zero attached hydrogens (tertiary/aromatic N) is 1. The molecule has 21 heavy (non-hydrogen) atoms. The Morgan fingerprint density at radius 2 is 2.14 bits per heavy atom. The number of hydrogen-bond acceptors (Lipinski definition) is 3. The van der Waals surface area contributed by atoms with Crippen molar-refractivity contribution in [3.8, 4) is 0 Å². The lowest BCUT2D eigenvalue weighted by molar-refractivity contribution is 0.0696. The van der Waals surface area contributed by atoms with Crippen LogP contribution in [0.25, 0.3) is 0 Å². The van der Waals surface area contributed by atoms with Crippen LogP contribution in [0.4, 0.5) is 0 Å². The molecule has 0 bridgehead atoms. The zero-order chi connectivity index (χ0) is 15.1. The van der Waals surface area contributed by atoms with Crippen LogP contribution in [-0.4, -0.2) is 42.2 Å². The molecule has 1 saturated heterocycles. The van der Waals surface area contributed by atoms with E-state index >= 15 is 0 Å². The molecule has 0 saturated carbocycles. The first-order valence-corrected chi connectivity index (χ1v) is 7.94. The molecule has 4 nitrogen and oxygen atoms in total. The van der Waals surface area contributed by atoms with Gasteiger partial charge in [-0.05, 0) is 69.1 Å². The van der Waals surface area contributed by atoms with Crippen molar-refractivity contribution < 1.29 is 9.90 Å². The third kappa shape index (κ3) is 5.14. The number of benzene rings is 1. The molecule has 1 aromatic rings. The normalized spacial score (nSPS) is 17.0. The molecule has 0 radical (unpaired) electrons. The number of likely N-dealkylation sites (tertiary alicyclic amines) is 1. The minimum atomic E-state index is -0.861. The van der Waals surface area contributed by atoms with Crippen LogP contribution in [0.15, 0.2) is 24.3 Å². The molecule has 0 amide bonds. The van der Waals surface area contributed by atoms with Gasteiger partial charge in [0.05, 0.1) is 5.56 Å². The molecular weight excluding hydrogens is 264 g/mol. The van der Waals surface area contributed by atoms with E-state index in [9.17, 15) is 4.79 Å². The number of carboxylic acids is 1. The highest BCUT2D eigenvalue weighted by Gasteiger charge is 2.17. The number of carbonyl (C=O) groups is 1. The average Bonchev–Trinajstić information content (AvgIpc) is 2.50. The highest BCUT2D eigenvalue weighted by Crippen LogP contribution is 2.16. The Labute approximate surface area is 127 Å². The van der Waals surface area contributed by atoms with Crippen LogP contribution in [0.5, 0.6) is 0 Å². The Kier molecular flexibility index (Phi) is 6.21. The molecule has 1 aromatic carbocycles. The Morgan fingerprint density at radius 3 is 2.81 bits per heavy atom. The standard InChI is InChI=1S/C17H26N2O2/c1-2-8-19-9-6-14(7-10-19)12-18-13-15-4-3-5-16(11-15)17(20)21/h3-5,11,14,18H,2,6-10,12-13H2,1H3,(H,20,21). The van der Waals surface area contributed by atoms with Gasteiger partial charge in [0.1, 0.15) is 0 Å². The van der Waals surface area contributed by atoms with Crippen LogP contribution < -0.4 is 5.32 Å². The molecule has 1 aliphatic heterocycles. The molecular formula is C17H26N2O2. The Balaban J connectivity index is 1.70. The summed E-state index contributed by atoms with van der Waals surface area (Å²) in [5.41, 5.74) is 1.40. The predicted molar refractivity (Wildman–Crippen MR) is 84.6 cm³/mol. The van der Waals surface area contributed by atoms with Crippen molar-refractivity contribution in [2.75, 3.05) is 26.2 Å². The van der Waals surface area contributed by atoms with E-state index in [-0.39, 0.29) is 0 Å². The molecule has 2 rings (SSSR count). The molecule has 0 unspecified atom stereocenters. The van der Waals surface area contributed by atoms with Crippen molar-refractivity contribution >= 4 is 5.97 Å². The number of aromatic carboxylic acids is 1. The summed E-state index contributed by atoms with van der Waals surface area (Å²) in [6.45, 7) is 7.66. The molecule has 0 spiro atoms. The molecule has 0 atom stereocenters. The van der Waals surface area contributed by atoms with Gasteiger partial charge in [0, 0.05) is 6.54 Å². The third-order valence-corrected chi connectivity index (χ3v) is 4.18. The summed E-state index contributed by atoms with van der Waals surface area (Å²) >= 11 is 0. The van der Waals surface area contributed by atoms with E-state index < -0.39 is 5.97 Å². The number of nitrogens with one attached hydrogen (secondary N) is 1. The highest BCUT2D eigenvalue weighted by molar-refractivity contribution is 5.87. The maximum absolute atomic E-state index is 10.9. The van der Waals surface area contributed by atoms with Crippen molar-refractivity contribution in [3.63, 3.8) is 0 Å². The maximum Gasteiger partial charge on any atom is 0.335 e. The molecule has 1 aliphatic rings. The van der Waals surface area contributed by atoms with E-state index in [1.165, 1.54) is 38.9 Å². The summed E-state index contributed by atoms with van der Waals surface area (Å²) in [4.78, 5) is 13.5. The number of piperidine rings is 1. The van der Waals surface area contributed by atoms with E-state index in [1.807, 2.05) is 12.1 Å². The maximum atomic E-state index is 10.9. The van der Waals surface area contributed by atoms with Gasteiger partial charge < -0.3 is 15.3 Å². The van der Waals surface area contributed by atoms with Crippen LogP contribution in [-0.2, 0) is 6.54 Å². The van der Waals surface area contributed by atoms with Crippen molar-refractivity contribution in [3.05, 3.63) is 35.4 Å². The molecule has 2 N–H and O–H groups in total. The summed E-state index contributed by atoms with van der Waals surface area (Å²) < 4.78 is 0. The van der Waals surface area contributed by atoms with Crippen LogP contribution in [0.2, 0.25) is 0 Å². The fourth-order valence-electron chi connectivity index (χ4n) is 2.97. The summed E-state index contributed by atoms with van der Waals surface area (Å²) in [6, 6.07) is 7.17. The zero-order valence-electron chi connectivity index (χ0n) is 12.8. The SMILES string of the molecule is CCCN1CCC(CNCc2cccc(C(=O)O)c2)CC1. The van der Waals surface area contributed by atoms with E-state index in [0.717, 1.165) is 24.6 Å². The van der Waals surface area contributed by atoms with Crippen LogP contribution >= 0.6 is 0 Å². The molecule has 116 valence electrons. The van der Waals surface area contributed by atoms with Gasteiger partial charge in [0.25, 0.3) is 0 Å². The lowest BCUT2D eigenvalue weighted by atomic mass is 9.96. The Bertz CT molecular complexity index is 454. The summed E-state index contributed by atoms with van der Waals surface area (Å²) in [7, 11) is 0. The quantitative estimate of drug-likeness (QED) is 0.810. The minimum Gasteiger partial charge on any atom is -0.478 e. The second-order valence-electron chi connectivity index (χ2n) is 5.92. The van der Waals surface area contributed by atoms with Gasteiger partial charge >= 0.3 is 5.97 Å². The Hall–Kier alpha value is -1.39. The first-order valence-electron chi connectivity index (χ1n) is 7.94. The molecule has 4 heteroatoms. The highest BCUT2D eigenvalue weighted by atomic mass is 16.4. The minimum absolute atomic E-state index is 0.363. The lowest BCUT2D eigenvalue weighted by Crippen LogP contribution is -2.37.